The van der Waals surface area contributed by atoms with Crippen molar-refractivity contribution in [3.05, 3.63) is 176 Å². The Balaban J connectivity index is 1.04. The summed E-state index contributed by atoms with van der Waals surface area (Å²) in [5.74, 6) is 2.00. The van der Waals surface area contributed by atoms with E-state index in [1.807, 2.05) is 70.4 Å². The summed E-state index contributed by atoms with van der Waals surface area (Å²) in [5.41, 5.74) is 8.00. The highest BCUT2D eigenvalue weighted by Gasteiger charge is 2.21. The van der Waals surface area contributed by atoms with E-state index in [4.69, 9.17) is 15.0 Å². The van der Waals surface area contributed by atoms with Crippen LogP contribution >= 0.6 is 34.0 Å². The molecule has 0 amide bonds. The highest BCUT2D eigenvalue weighted by molar-refractivity contribution is 7.27. The van der Waals surface area contributed by atoms with Gasteiger partial charge in [0.1, 0.15) is 0 Å². The summed E-state index contributed by atoms with van der Waals surface area (Å²) in [6.45, 7) is 0. The summed E-state index contributed by atoms with van der Waals surface area (Å²) >= 11 is 5.62. The van der Waals surface area contributed by atoms with Gasteiger partial charge in [0, 0.05) is 82.8 Å². The van der Waals surface area contributed by atoms with Gasteiger partial charge < -0.3 is 0 Å². The summed E-state index contributed by atoms with van der Waals surface area (Å²) in [4.78, 5) is 15.2. The van der Waals surface area contributed by atoms with Crippen molar-refractivity contribution >= 4 is 94.5 Å². The van der Waals surface area contributed by atoms with Crippen molar-refractivity contribution in [1.82, 2.24) is 15.0 Å². The monoisotopic (exact) mass is 779 g/mol. The lowest BCUT2D eigenvalue weighted by atomic mass is 9.94. The van der Waals surface area contributed by atoms with Crippen LogP contribution in [-0.4, -0.2) is 15.0 Å². The smallest absolute Gasteiger partial charge is 0.164 e. The van der Waals surface area contributed by atoms with Gasteiger partial charge in [0.2, 0.25) is 0 Å². The quantitative estimate of drug-likeness (QED) is 0.175. The van der Waals surface area contributed by atoms with Crippen LogP contribution in [-0.2, 0) is 0 Å². The molecule has 12 rings (SSSR count). The molecule has 0 aliphatic rings. The third kappa shape index (κ3) is 5.26. The van der Waals surface area contributed by atoms with Crippen LogP contribution in [0.25, 0.3) is 117 Å². The van der Waals surface area contributed by atoms with Crippen LogP contribution in [0.4, 0.5) is 0 Å². The van der Waals surface area contributed by atoms with E-state index in [2.05, 4.69) is 140 Å². The molecule has 0 radical (unpaired) electrons. The van der Waals surface area contributed by atoms with E-state index >= 15 is 0 Å². The molecule has 0 saturated carbocycles. The maximum absolute atomic E-state index is 5.10. The number of thiophene rings is 3. The molecule has 0 bridgehead atoms. The Kier molecular flexibility index (Phi) is 7.45. The van der Waals surface area contributed by atoms with Crippen LogP contribution in [0.3, 0.4) is 0 Å². The van der Waals surface area contributed by atoms with Crippen LogP contribution < -0.4 is 0 Å². The van der Waals surface area contributed by atoms with Gasteiger partial charge in [-0.05, 0) is 41.0 Å². The van der Waals surface area contributed by atoms with E-state index < -0.39 is 0 Å². The first-order chi connectivity index (χ1) is 28.2. The SMILES string of the molecule is c1ccc(-c2nc(-c3ccccc3)nc(-c3cccc4sc5cc(-c6ccc(-c7cccc8c7sc7ccccc78)c7c6sc6ccccc67)ccc5c34)n2)cc1. The lowest BCUT2D eigenvalue weighted by molar-refractivity contribution is 1.08. The van der Waals surface area contributed by atoms with Crippen molar-refractivity contribution in [2.75, 3.05) is 0 Å². The number of rotatable bonds is 5. The average Bonchev–Trinajstić information content (AvgIpc) is 3.98. The minimum Gasteiger partial charge on any atom is -0.208 e. The van der Waals surface area contributed by atoms with Crippen molar-refractivity contribution in [2.45, 2.75) is 0 Å². The van der Waals surface area contributed by atoms with Crippen LogP contribution in [0.15, 0.2) is 176 Å². The van der Waals surface area contributed by atoms with Gasteiger partial charge in [0.15, 0.2) is 17.5 Å². The number of benzene rings is 8. The molecule has 57 heavy (non-hydrogen) atoms. The van der Waals surface area contributed by atoms with Crippen molar-refractivity contribution in [3.8, 4) is 56.4 Å². The zero-order valence-electron chi connectivity index (χ0n) is 30.3. The largest absolute Gasteiger partial charge is 0.208 e. The second-order valence-corrected chi connectivity index (χ2v) is 17.5. The first kappa shape index (κ1) is 32.7. The number of nitrogens with zero attached hydrogens (tertiary/aromatic N) is 3. The Bertz CT molecular complexity index is 3470. The number of hydrogen-bond donors (Lipinski definition) is 0. The maximum atomic E-state index is 5.10. The third-order valence-electron chi connectivity index (χ3n) is 11.0. The Labute approximate surface area is 339 Å². The normalized spacial score (nSPS) is 11.9. The van der Waals surface area contributed by atoms with Crippen LogP contribution in [0.1, 0.15) is 0 Å². The lowest BCUT2D eigenvalue weighted by Crippen LogP contribution is -2.00. The molecule has 0 aliphatic heterocycles. The molecule has 4 heterocycles. The molecule has 0 atom stereocenters. The van der Waals surface area contributed by atoms with Gasteiger partial charge in [-0.3, -0.25) is 0 Å². The summed E-state index contributed by atoms with van der Waals surface area (Å²) in [5, 5.41) is 7.66. The Morgan fingerprint density at radius 1 is 0.281 bits per heavy atom. The zero-order valence-corrected chi connectivity index (χ0v) is 32.8. The molecule has 6 heteroatoms. The Morgan fingerprint density at radius 2 is 0.842 bits per heavy atom. The van der Waals surface area contributed by atoms with Gasteiger partial charge in [-0.2, -0.15) is 0 Å². The van der Waals surface area contributed by atoms with Gasteiger partial charge in [0.05, 0.1) is 0 Å². The number of aromatic nitrogens is 3. The molecular formula is C51H29N3S3. The fourth-order valence-corrected chi connectivity index (χ4v) is 12.0. The topological polar surface area (TPSA) is 38.7 Å². The highest BCUT2D eigenvalue weighted by atomic mass is 32.1. The summed E-state index contributed by atoms with van der Waals surface area (Å²) < 4.78 is 7.74. The molecule has 4 aromatic heterocycles. The van der Waals surface area contributed by atoms with Gasteiger partial charge in [-0.25, -0.2) is 15.0 Å². The van der Waals surface area contributed by atoms with Crippen LogP contribution in [0.5, 0.6) is 0 Å². The van der Waals surface area contributed by atoms with Crippen molar-refractivity contribution < 1.29 is 0 Å². The number of hydrogen-bond acceptors (Lipinski definition) is 6. The van der Waals surface area contributed by atoms with Crippen LogP contribution in [0.2, 0.25) is 0 Å². The molecule has 266 valence electrons. The van der Waals surface area contributed by atoms with Gasteiger partial charge in [0.25, 0.3) is 0 Å². The van der Waals surface area contributed by atoms with E-state index in [0.717, 1.165) is 16.7 Å². The highest BCUT2D eigenvalue weighted by Crippen LogP contribution is 2.49. The van der Waals surface area contributed by atoms with E-state index in [1.165, 1.54) is 82.8 Å². The predicted octanol–water partition coefficient (Wildman–Crippen LogP) is 15.3. The third-order valence-corrected chi connectivity index (χ3v) is 14.5. The van der Waals surface area contributed by atoms with E-state index in [-0.39, 0.29) is 0 Å². The molecule has 0 saturated heterocycles. The average molecular weight is 780 g/mol. The summed E-state index contributed by atoms with van der Waals surface area (Å²) in [7, 11) is 0. The van der Waals surface area contributed by atoms with Crippen LogP contribution in [0, 0.1) is 0 Å². The minimum atomic E-state index is 0.665. The lowest BCUT2D eigenvalue weighted by Gasteiger charge is -2.11. The molecule has 0 unspecified atom stereocenters. The van der Waals surface area contributed by atoms with E-state index in [0.29, 0.717) is 17.5 Å². The van der Waals surface area contributed by atoms with Gasteiger partial charge >= 0.3 is 0 Å². The fourth-order valence-electron chi connectivity index (χ4n) is 8.35. The molecule has 0 N–H and O–H groups in total. The van der Waals surface area contributed by atoms with Crippen molar-refractivity contribution in [3.63, 3.8) is 0 Å². The second kappa shape index (κ2) is 13.0. The molecule has 0 aliphatic carbocycles. The van der Waals surface area contributed by atoms with Gasteiger partial charge in [-0.15, -0.1) is 34.0 Å². The predicted molar refractivity (Wildman–Crippen MR) is 246 cm³/mol. The molecule has 0 spiro atoms. The molecule has 3 nitrogen and oxygen atoms in total. The molecular weight excluding hydrogens is 751 g/mol. The summed E-state index contributed by atoms with van der Waals surface area (Å²) in [6, 6.07) is 63.0. The van der Waals surface area contributed by atoms with Crippen molar-refractivity contribution in [1.29, 1.82) is 0 Å². The Hall–Kier alpha value is -6.57. The Morgan fingerprint density at radius 3 is 1.61 bits per heavy atom. The summed E-state index contributed by atoms with van der Waals surface area (Å²) in [6.07, 6.45) is 0. The van der Waals surface area contributed by atoms with E-state index in [1.54, 1.807) is 0 Å². The van der Waals surface area contributed by atoms with E-state index in [9.17, 15) is 0 Å². The molecule has 0 fully saturated rings. The molecule has 8 aromatic carbocycles. The van der Waals surface area contributed by atoms with Gasteiger partial charge in [-0.1, -0.05) is 152 Å². The zero-order chi connectivity index (χ0) is 37.5. The minimum absolute atomic E-state index is 0.665. The first-order valence-electron chi connectivity index (χ1n) is 18.9. The molecule has 12 aromatic rings. The van der Waals surface area contributed by atoms with Crippen molar-refractivity contribution in [2.24, 2.45) is 0 Å². The standard InChI is InChI=1S/C51H29N3S3/c1-3-13-30(14-4-1)49-52-50(31-15-5-2-6-16-31)54-51(53-49)40-21-12-24-43-45(40)39-26-25-32(29-44(39)55-43)33-27-28-35(46-38-18-8-10-23-42(38)57-48(33)46)37-20-11-19-36-34-17-7-9-22-41(34)56-47(36)37/h1-29H. The first-order valence-corrected chi connectivity index (χ1v) is 21.4. The number of fused-ring (bicyclic) bond motifs is 9. The maximum Gasteiger partial charge on any atom is 0.164 e. The second-order valence-electron chi connectivity index (χ2n) is 14.3. The fraction of sp³-hybridized carbons (Fsp3) is 0.